The lowest BCUT2D eigenvalue weighted by atomic mass is 10.0. The Morgan fingerprint density at radius 3 is 2.56 bits per heavy atom. The van der Waals surface area contributed by atoms with Crippen molar-refractivity contribution in [2.75, 3.05) is 20.8 Å². The van der Waals surface area contributed by atoms with E-state index in [4.69, 9.17) is 9.47 Å². The van der Waals surface area contributed by atoms with E-state index < -0.39 is 0 Å². The molecule has 0 aliphatic carbocycles. The Kier molecular flexibility index (Phi) is 5.80. The van der Waals surface area contributed by atoms with E-state index >= 15 is 0 Å². The number of benzene rings is 2. The molecule has 0 radical (unpaired) electrons. The summed E-state index contributed by atoms with van der Waals surface area (Å²) < 4.78 is 12.9. The summed E-state index contributed by atoms with van der Waals surface area (Å²) in [6.07, 6.45) is 4.57. The van der Waals surface area contributed by atoms with Crippen molar-refractivity contribution in [3.63, 3.8) is 0 Å². The van der Waals surface area contributed by atoms with Crippen LogP contribution in [0.2, 0.25) is 0 Å². The molecule has 1 aliphatic rings. The normalized spacial score (nSPS) is 14.9. The Bertz CT molecular complexity index is 1390. The van der Waals surface area contributed by atoms with Crippen LogP contribution < -0.4 is 9.47 Å². The van der Waals surface area contributed by atoms with Gasteiger partial charge in [-0.25, -0.2) is 4.98 Å². The average Bonchev–Trinajstić information content (AvgIpc) is 3.36. The zero-order chi connectivity index (χ0) is 23.7. The summed E-state index contributed by atoms with van der Waals surface area (Å²) in [4.78, 5) is 19.8. The molecule has 0 spiro atoms. The highest BCUT2D eigenvalue weighted by Gasteiger charge is 2.27. The van der Waals surface area contributed by atoms with E-state index in [1.165, 1.54) is 0 Å². The first-order valence-corrected chi connectivity index (χ1v) is 11.3. The van der Waals surface area contributed by atoms with Crippen LogP contribution in [0.1, 0.15) is 17.5 Å². The molecule has 2 aromatic carbocycles. The summed E-state index contributed by atoms with van der Waals surface area (Å²) in [7, 11) is 5.26. The number of carbonyl (C=O) groups is 1. The van der Waals surface area contributed by atoms with Gasteiger partial charge in [-0.3, -0.25) is 4.79 Å². The lowest BCUT2D eigenvalue weighted by molar-refractivity contribution is -0.125. The molecule has 4 aromatic rings. The number of ether oxygens (including phenoxy) is 2. The lowest BCUT2D eigenvalue weighted by Crippen LogP contribution is -2.24. The molecule has 0 saturated carbocycles. The number of likely N-dealkylation sites (tertiary alicyclic amines) is 1. The smallest absolute Gasteiger partial charge is 0.250 e. The molecule has 0 bridgehead atoms. The fraction of sp³-hybridized carbons (Fsp3) is 0.214. The van der Waals surface area contributed by atoms with E-state index in [0.717, 1.165) is 39.0 Å². The van der Waals surface area contributed by atoms with E-state index in [0.29, 0.717) is 31.0 Å². The molecule has 0 atom stereocenters. The van der Waals surface area contributed by atoms with Crippen LogP contribution in [0, 0.1) is 0 Å². The minimum atomic E-state index is 0.0645. The first kappa shape index (κ1) is 21.8. The van der Waals surface area contributed by atoms with Gasteiger partial charge in [0.2, 0.25) is 5.91 Å². The molecule has 1 saturated heterocycles. The molecule has 3 heterocycles. The fourth-order valence-corrected chi connectivity index (χ4v) is 4.71. The predicted octanol–water partition coefficient (Wildman–Crippen LogP) is 5.07. The standard InChI is InChI=1S/C28H27N3O3/c1-30-26(20-8-5-4-6-9-20)23(22-10-7-14-29-27(22)30)17-21-13-15-31(28(21)32)18-19-11-12-24(33-2)25(16-19)34-3/h4-12,14,16-17H,13,15,18H2,1-3H3/b21-17+. The van der Waals surface area contributed by atoms with Gasteiger partial charge < -0.3 is 18.9 Å². The van der Waals surface area contributed by atoms with Gasteiger partial charge in [-0.05, 0) is 47.9 Å². The minimum absolute atomic E-state index is 0.0645. The molecule has 1 fully saturated rings. The molecule has 6 heteroatoms. The first-order valence-electron chi connectivity index (χ1n) is 11.3. The molecular weight excluding hydrogens is 426 g/mol. The van der Waals surface area contributed by atoms with Crippen LogP contribution in [0.25, 0.3) is 28.4 Å². The second-order valence-corrected chi connectivity index (χ2v) is 8.40. The molecule has 5 rings (SSSR count). The van der Waals surface area contributed by atoms with Crippen molar-refractivity contribution in [2.45, 2.75) is 13.0 Å². The molecule has 2 aromatic heterocycles. The Morgan fingerprint density at radius 2 is 1.79 bits per heavy atom. The van der Waals surface area contributed by atoms with Crippen LogP contribution >= 0.6 is 0 Å². The van der Waals surface area contributed by atoms with Gasteiger partial charge in [-0.1, -0.05) is 36.4 Å². The quantitative estimate of drug-likeness (QED) is 0.383. The van der Waals surface area contributed by atoms with Crippen LogP contribution in [0.15, 0.2) is 72.4 Å². The minimum Gasteiger partial charge on any atom is -0.493 e. The Morgan fingerprint density at radius 1 is 1.00 bits per heavy atom. The van der Waals surface area contributed by atoms with Crippen molar-refractivity contribution in [1.29, 1.82) is 0 Å². The predicted molar refractivity (Wildman–Crippen MR) is 134 cm³/mol. The third-order valence-electron chi connectivity index (χ3n) is 6.39. The number of fused-ring (bicyclic) bond motifs is 1. The topological polar surface area (TPSA) is 56.6 Å². The Labute approximate surface area is 199 Å². The fourth-order valence-electron chi connectivity index (χ4n) is 4.71. The number of hydrogen-bond donors (Lipinski definition) is 0. The number of amides is 1. The maximum atomic E-state index is 13.4. The average molecular weight is 454 g/mol. The number of aromatic nitrogens is 2. The van der Waals surface area contributed by atoms with Gasteiger partial charge in [0.1, 0.15) is 5.65 Å². The number of pyridine rings is 1. The van der Waals surface area contributed by atoms with Gasteiger partial charge in [0.05, 0.1) is 19.9 Å². The van der Waals surface area contributed by atoms with Gasteiger partial charge in [0.15, 0.2) is 11.5 Å². The van der Waals surface area contributed by atoms with Crippen molar-refractivity contribution >= 4 is 23.0 Å². The largest absolute Gasteiger partial charge is 0.493 e. The second-order valence-electron chi connectivity index (χ2n) is 8.40. The maximum Gasteiger partial charge on any atom is 0.250 e. The second kappa shape index (κ2) is 9.06. The van der Waals surface area contributed by atoms with Gasteiger partial charge in [-0.2, -0.15) is 0 Å². The summed E-state index contributed by atoms with van der Waals surface area (Å²) in [5.41, 5.74) is 5.92. The van der Waals surface area contributed by atoms with Crippen LogP contribution in [0.3, 0.4) is 0 Å². The summed E-state index contributed by atoms with van der Waals surface area (Å²) in [5.74, 6) is 1.41. The number of methoxy groups -OCH3 is 2. The molecule has 34 heavy (non-hydrogen) atoms. The highest BCUT2D eigenvalue weighted by Crippen LogP contribution is 2.35. The molecule has 1 amide bonds. The van der Waals surface area contributed by atoms with Gasteiger partial charge in [0.25, 0.3) is 0 Å². The van der Waals surface area contributed by atoms with Crippen molar-refractivity contribution < 1.29 is 14.3 Å². The van der Waals surface area contributed by atoms with Crippen molar-refractivity contribution in [3.8, 4) is 22.8 Å². The maximum absolute atomic E-state index is 13.4. The Hall–Kier alpha value is -4.06. The van der Waals surface area contributed by atoms with Crippen LogP contribution in [-0.4, -0.2) is 41.1 Å². The zero-order valence-electron chi connectivity index (χ0n) is 19.6. The van der Waals surface area contributed by atoms with Crippen LogP contribution in [0.4, 0.5) is 0 Å². The van der Waals surface area contributed by atoms with E-state index in [1.54, 1.807) is 20.4 Å². The summed E-state index contributed by atoms with van der Waals surface area (Å²) in [6.45, 7) is 1.21. The summed E-state index contributed by atoms with van der Waals surface area (Å²) in [5, 5.41) is 1.04. The lowest BCUT2D eigenvalue weighted by Gasteiger charge is -2.16. The molecule has 1 aliphatic heterocycles. The number of aryl methyl sites for hydroxylation is 1. The molecule has 0 unspecified atom stereocenters. The van der Waals surface area contributed by atoms with Crippen molar-refractivity contribution in [1.82, 2.24) is 14.5 Å². The number of carbonyl (C=O) groups excluding carboxylic acids is 1. The van der Waals surface area contributed by atoms with E-state index in [1.807, 2.05) is 54.4 Å². The number of nitrogens with zero attached hydrogens (tertiary/aromatic N) is 3. The van der Waals surface area contributed by atoms with Gasteiger partial charge in [0, 0.05) is 42.9 Å². The zero-order valence-corrected chi connectivity index (χ0v) is 19.6. The third kappa shape index (κ3) is 3.81. The summed E-state index contributed by atoms with van der Waals surface area (Å²) in [6, 6.07) is 20.0. The molecule has 6 nitrogen and oxygen atoms in total. The Balaban J connectivity index is 1.50. The highest BCUT2D eigenvalue weighted by molar-refractivity contribution is 6.04. The van der Waals surface area contributed by atoms with Crippen LogP contribution in [-0.2, 0) is 18.4 Å². The first-order chi connectivity index (χ1) is 16.6. The van der Waals surface area contributed by atoms with Gasteiger partial charge >= 0.3 is 0 Å². The molecule has 172 valence electrons. The van der Waals surface area contributed by atoms with Gasteiger partial charge in [-0.15, -0.1) is 0 Å². The van der Waals surface area contributed by atoms with E-state index in [2.05, 4.69) is 33.8 Å². The number of rotatable bonds is 6. The van der Waals surface area contributed by atoms with Crippen LogP contribution in [0.5, 0.6) is 11.5 Å². The third-order valence-corrected chi connectivity index (χ3v) is 6.39. The SMILES string of the molecule is COc1ccc(CN2CC/C(=C\c3c(-c4ccccc4)n(C)c4ncccc34)C2=O)cc1OC. The van der Waals surface area contributed by atoms with Crippen molar-refractivity contribution in [2.24, 2.45) is 7.05 Å². The molecular formula is C28H27N3O3. The van der Waals surface area contributed by atoms with Crippen molar-refractivity contribution in [3.05, 3.63) is 83.6 Å². The van der Waals surface area contributed by atoms with E-state index in [9.17, 15) is 4.79 Å². The molecule has 0 N–H and O–H groups in total. The number of hydrogen-bond acceptors (Lipinski definition) is 4. The van der Waals surface area contributed by atoms with E-state index in [-0.39, 0.29) is 5.91 Å². The monoisotopic (exact) mass is 453 g/mol. The summed E-state index contributed by atoms with van der Waals surface area (Å²) >= 11 is 0. The highest BCUT2D eigenvalue weighted by atomic mass is 16.5.